The molecular weight excluding hydrogens is 862 g/mol. The number of rotatable bonds is 8. The molecule has 2 amide bonds. The lowest BCUT2D eigenvalue weighted by Gasteiger charge is -2.39. The fourth-order valence-electron chi connectivity index (χ4n) is 7.09. The summed E-state index contributed by atoms with van der Waals surface area (Å²) >= 11 is 0. The maximum absolute atomic E-state index is 13.9. The van der Waals surface area contributed by atoms with Crippen molar-refractivity contribution in [1.29, 1.82) is 0 Å². The first-order valence-electron chi connectivity index (χ1n) is 19.6. The summed E-state index contributed by atoms with van der Waals surface area (Å²) in [6.07, 6.45) is 3.54. The molecule has 0 N–H and O–H groups in total. The largest absolute Gasteiger partial charge is 0.471 e. The summed E-state index contributed by atoms with van der Waals surface area (Å²) in [6, 6.07) is 1.94. The molecule has 0 spiro atoms. The second kappa shape index (κ2) is 18.7. The number of likely N-dealkylation sites (tertiary alicyclic amines) is 2. The number of amides is 2. The zero-order valence-electron chi connectivity index (χ0n) is 34.0. The minimum atomic E-state index is -4.60. The maximum Gasteiger partial charge on any atom is 0.434 e. The number of piperidine rings is 2. The SMILES string of the molecule is C[C@H]1[C@H](Oc2cnc(C(F)(F)F)cn2)CCCN1C(=O)c1cc(F)cnc1-c1ncco1.Cc1cnc(-n2nccn2)c(C(=O)N2CCC[C@@H](Oc3cnc(C(F)(F)F)cn3)[C@@H]2C)c1. The molecule has 0 saturated carbocycles. The quantitative estimate of drug-likeness (QED) is 0.148. The molecule has 24 heteroatoms. The number of pyridine rings is 2. The third kappa shape index (κ3) is 10.2. The summed E-state index contributed by atoms with van der Waals surface area (Å²) in [5.74, 6) is -1.17. The fourth-order valence-corrected chi connectivity index (χ4v) is 7.09. The third-order valence-electron chi connectivity index (χ3n) is 10.3. The lowest BCUT2D eigenvalue weighted by atomic mass is 9.98. The van der Waals surface area contributed by atoms with Gasteiger partial charge in [-0.3, -0.25) is 9.59 Å². The molecule has 2 saturated heterocycles. The zero-order valence-corrected chi connectivity index (χ0v) is 34.0. The van der Waals surface area contributed by atoms with Crippen LogP contribution >= 0.6 is 0 Å². The molecule has 2 aliphatic heterocycles. The normalized spacial score (nSPS) is 19.1. The average Bonchev–Trinajstić information content (AvgIpc) is 4.01. The topological polar surface area (TPSA) is 193 Å². The summed E-state index contributed by atoms with van der Waals surface area (Å²) in [5.41, 5.74) is -0.981. The molecule has 0 radical (unpaired) electrons. The molecule has 17 nitrogen and oxygen atoms in total. The molecule has 2 aliphatic rings. The van der Waals surface area contributed by atoms with Crippen LogP contribution in [0.3, 0.4) is 0 Å². The van der Waals surface area contributed by atoms with Crippen molar-refractivity contribution < 1.29 is 54.2 Å². The Morgan fingerprint density at radius 1 is 0.672 bits per heavy atom. The van der Waals surface area contributed by atoms with Crippen LogP contribution in [0.4, 0.5) is 30.7 Å². The van der Waals surface area contributed by atoms with Crippen molar-refractivity contribution in [3.05, 3.63) is 108 Å². The number of hydrogen-bond acceptors (Lipinski definition) is 14. The van der Waals surface area contributed by atoms with E-state index in [4.69, 9.17) is 13.9 Å². The number of ether oxygens (including phenoxy) is 2. The van der Waals surface area contributed by atoms with E-state index in [0.29, 0.717) is 62.5 Å². The Labute approximate surface area is 358 Å². The van der Waals surface area contributed by atoms with E-state index < -0.39 is 53.7 Å². The van der Waals surface area contributed by atoms with Crippen molar-refractivity contribution in [2.45, 2.75) is 83.1 Å². The number of aromatic nitrogens is 10. The van der Waals surface area contributed by atoms with Crippen LogP contribution in [0.1, 0.15) is 77.2 Å². The van der Waals surface area contributed by atoms with Crippen molar-refractivity contribution in [3.63, 3.8) is 0 Å². The van der Waals surface area contributed by atoms with Crippen molar-refractivity contribution >= 4 is 11.8 Å². The molecule has 6 aromatic heterocycles. The summed E-state index contributed by atoms with van der Waals surface area (Å²) in [5, 5.41) is 8.14. The van der Waals surface area contributed by atoms with Gasteiger partial charge in [-0.2, -0.15) is 36.5 Å². The van der Waals surface area contributed by atoms with E-state index in [1.807, 2.05) is 13.8 Å². The standard InChI is InChI=1S/C20H17F4N5O3.C20H20F3N7O2/c1-11-14(32-16-10-26-15(9-27-16)20(22,23)24)3-2-5-29(11)19(30)13-7-12(21)8-28-17(13)18-25-4-6-31-18;1-12-8-14(18(26-9-12)30-27-5-6-28-30)19(31)29-7-3-4-15(13(29)2)32-17-11-24-16(10-25-17)20(21,22)23/h4,6-11,14H,2-3,5H2,1H3;5-6,8-11,13,15H,3-4,7H2,1-2H3/t11-,14+;13-,15+/m00/s1. The van der Waals surface area contributed by atoms with Crippen LogP contribution in [0.25, 0.3) is 17.4 Å². The lowest BCUT2D eigenvalue weighted by Crippen LogP contribution is -2.51. The van der Waals surface area contributed by atoms with Crippen LogP contribution in [-0.2, 0) is 12.4 Å². The minimum absolute atomic E-state index is 0.0192. The van der Waals surface area contributed by atoms with Gasteiger partial charge in [-0.1, -0.05) is 0 Å². The first-order chi connectivity index (χ1) is 30.5. The highest BCUT2D eigenvalue weighted by molar-refractivity contribution is 5.99. The van der Waals surface area contributed by atoms with Gasteiger partial charge in [0.2, 0.25) is 17.7 Å². The minimum Gasteiger partial charge on any atom is -0.471 e. The van der Waals surface area contributed by atoms with Crippen LogP contribution < -0.4 is 9.47 Å². The molecule has 0 unspecified atom stereocenters. The monoisotopic (exact) mass is 898 g/mol. The van der Waals surface area contributed by atoms with E-state index in [0.717, 1.165) is 30.2 Å². The molecule has 0 bridgehead atoms. The van der Waals surface area contributed by atoms with Crippen LogP contribution in [0.5, 0.6) is 11.8 Å². The van der Waals surface area contributed by atoms with E-state index in [-0.39, 0.29) is 40.9 Å². The molecule has 0 aliphatic carbocycles. The number of alkyl halides is 6. The van der Waals surface area contributed by atoms with E-state index in [9.17, 15) is 40.3 Å². The molecule has 336 valence electrons. The molecular formula is C40H37F7N12O5. The number of carbonyl (C=O) groups is 2. The second-order valence-corrected chi connectivity index (χ2v) is 14.6. The zero-order chi connectivity index (χ0) is 45.8. The Kier molecular flexibility index (Phi) is 13.1. The first kappa shape index (κ1) is 44.9. The number of oxazole rings is 1. The summed E-state index contributed by atoms with van der Waals surface area (Å²) < 4.78 is 107. The van der Waals surface area contributed by atoms with Gasteiger partial charge in [0.15, 0.2) is 17.2 Å². The smallest absolute Gasteiger partial charge is 0.434 e. The van der Waals surface area contributed by atoms with Crippen LogP contribution in [0, 0.1) is 12.7 Å². The Morgan fingerprint density at radius 2 is 1.22 bits per heavy atom. The Bertz CT molecular complexity index is 2350. The summed E-state index contributed by atoms with van der Waals surface area (Å²) in [4.78, 5) is 57.5. The van der Waals surface area contributed by atoms with Gasteiger partial charge in [0.05, 0.1) is 72.8 Å². The highest BCUT2D eigenvalue weighted by Gasteiger charge is 2.38. The molecule has 8 rings (SSSR count). The van der Waals surface area contributed by atoms with E-state index in [1.54, 1.807) is 24.1 Å². The molecule has 6 aromatic rings. The molecule has 64 heavy (non-hydrogen) atoms. The number of halogens is 7. The summed E-state index contributed by atoms with van der Waals surface area (Å²) in [6.45, 7) is 6.27. The highest BCUT2D eigenvalue weighted by Crippen LogP contribution is 2.31. The Balaban J connectivity index is 0.000000191. The van der Waals surface area contributed by atoms with Crippen molar-refractivity contribution in [1.82, 2.24) is 59.7 Å². The number of carbonyl (C=O) groups excluding carboxylic acids is 2. The molecule has 4 atom stereocenters. The third-order valence-corrected chi connectivity index (χ3v) is 10.3. The van der Waals surface area contributed by atoms with E-state index >= 15 is 0 Å². The van der Waals surface area contributed by atoms with Gasteiger partial charge in [0, 0.05) is 19.3 Å². The predicted octanol–water partition coefficient (Wildman–Crippen LogP) is 6.61. The second-order valence-electron chi connectivity index (χ2n) is 14.6. The van der Waals surface area contributed by atoms with Crippen molar-refractivity contribution in [2.75, 3.05) is 13.1 Å². The van der Waals surface area contributed by atoms with Gasteiger partial charge in [0.1, 0.15) is 30.0 Å². The fraction of sp³-hybridized carbons (Fsp3) is 0.375. The van der Waals surface area contributed by atoms with Gasteiger partial charge >= 0.3 is 12.4 Å². The Morgan fingerprint density at radius 3 is 1.70 bits per heavy atom. The predicted molar refractivity (Wildman–Crippen MR) is 206 cm³/mol. The summed E-state index contributed by atoms with van der Waals surface area (Å²) in [7, 11) is 0. The van der Waals surface area contributed by atoms with Gasteiger partial charge in [0.25, 0.3) is 11.8 Å². The van der Waals surface area contributed by atoms with E-state index in [2.05, 4.69) is 45.1 Å². The van der Waals surface area contributed by atoms with Crippen LogP contribution in [0.2, 0.25) is 0 Å². The highest BCUT2D eigenvalue weighted by atomic mass is 19.4. The molecule has 0 aromatic carbocycles. The average molecular weight is 899 g/mol. The van der Waals surface area contributed by atoms with Crippen molar-refractivity contribution in [2.24, 2.45) is 0 Å². The number of nitrogens with zero attached hydrogens (tertiary/aromatic N) is 12. The van der Waals surface area contributed by atoms with Crippen LogP contribution in [0.15, 0.2) is 78.6 Å². The number of aryl methyl sites for hydroxylation is 1. The van der Waals surface area contributed by atoms with Gasteiger partial charge in [-0.05, 0) is 64.2 Å². The van der Waals surface area contributed by atoms with Gasteiger partial charge in [-0.15, -0.1) is 4.80 Å². The van der Waals surface area contributed by atoms with E-state index in [1.165, 1.54) is 34.6 Å². The number of hydrogen-bond donors (Lipinski definition) is 0. The lowest BCUT2D eigenvalue weighted by molar-refractivity contribution is -0.142. The molecule has 8 heterocycles. The Hall–Kier alpha value is -7.14. The van der Waals surface area contributed by atoms with Crippen LogP contribution in [-0.4, -0.2) is 109 Å². The van der Waals surface area contributed by atoms with Gasteiger partial charge < -0.3 is 23.7 Å². The van der Waals surface area contributed by atoms with Gasteiger partial charge in [-0.25, -0.2) is 39.3 Å². The van der Waals surface area contributed by atoms with Crippen molar-refractivity contribution in [3.8, 4) is 29.2 Å². The molecule has 2 fully saturated rings. The first-order valence-corrected chi connectivity index (χ1v) is 19.6. The maximum atomic E-state index is 13.9.